The first kappa shape index (κ1) is 13.2. The number of aliphatic hydroxyl groups excluding tert-OH is 1. The van der Waals surface area contributed by atoms with E-state index < -0.39 is 0 Å². The molecule has 1 aromatic heterocycles. The third-order valence-electron chi connectivity index (χ3n) is 2.79. The largest absolute Gasteiger partial charge is 0.391 e. The topological polar surface area (TPSA) is 50.9 Å². The zero-order valence-corrected chi connectivity index (χ0v) is 11.7. The Kier molecular flexibility index (Phi) is 5.18. The molecule has 1 aromatic rings. The lowest BCUT2D eigenvalue weighted by molar-refractivity contribution is 0.173. The number of hydrogen-bond donors (Lipinski definition) is 1. The molecule has 6 heteroatoms. The van der Waals surface area contributed by atoms with Crippen molar-refractivity contribution < 1.29 is 5.11 Å². The Hall–Kier alpha value is -0.200. The molecular formula is C11H19N3OS2. The summed E-state index contributed by atoms with van der Waals surface area (Å²) in [6.07, 6.45) is 2.95. The van der Waals surface area contributed by atoms with Gasteiger partial charge in [0.25, 0.3) is 0 Å². The van der Waals surface area contributed by atoms with Crippen LogP contribution >= 0.6 is 23.5 Å². The smallest absolute Gasteiger partial charge is 0.138 e. The average Bonchev–Trinajstić information content (AvgIpc) is 2.78. The van der Waals surface area contributed by atoms with Crippen molar-refractivity contribution in [3.05, 3.63) is 12.2 Å². The number of rotatable bonds is 5. The highest BCUT2D eigenvalue weighted by Gasteiger charge is 2.24. The van der Waals surface area contributed by atoms with Crippen LogP contribution in [0.3, 0.4) is 0 Å². The molecule has 2 rings (SSSR count). The van der Waals surface area contributed by atoms with Crippen molar-refractivity contribution in [1.82, 2.24) is 14.8 Å². The standard InChI is InChI=1S/C11H19N3OS2/c1-2-3-14-11(12-8-13-14)6-9(15)10-7-16-4-5-17-10/h8-10,15H,2-7H2,1H3. The number of aromatic nitrogens is 3. The van der Waals surface area contributed by atoms with Crippen molar-refractivity contribution in [1.29, 1.82) is 0 Å². The van der Waals surface area contributed by atoms with Gasteiger partial charge in [-0.2, -0.15) is 28.6 Å². The number of hydrogen-bond acceptors (Lipinski definition) is 5. The van der Waals surface area contributed by atoms with E-state index in [0.29, 0.717) is 11.7 Å². The fourth-order valence-corrected chi connectivity index (χ4v) is 4.66. The first-order chi connectivity index (χ1) is 8.31. The van der Waals surface area contributed by atoms with Crippen LogP contribution in [0.1, 0.15) is 19.2 Å². The first-order valence-electron chi connectivity index (χ1n) is 6.05. The van der Waals surface area contributed by atoms with Crippen LogP contribution in [0.5, 0.6) is 0 Å². The van der Waals surface area contributed by atoms with E-state index in [1.54, 1.807) is 6.33 Å². The molecule has 0 bridgehead atoms. The highest BCUT2D eigenvalue weighted by molar-refractivity contribution is 8.06. The van der Waals surface area contributed by atoms with Gasteiger partial charge in [-0.05, 0) is 6.42 Å². The predicted molar refractivity (Wildman–Crippen MR) is 73.6 cm³/mol. The molecular weight excluding hydrogens is 254 g/mol. The zero-order valence-electron chi connectivity index (χ0n) is 10.1. The SMILES string of the molecule is CCCn1ncnc1CC(O)C1CSCCS1. The third kappa shape index (κ3) is 3.63. The Labute approximate surface area is 111 Å². The van der Waals surface area contributed by atoms with Gasteiger partial charge in [0.1, 0.15) is 12.2 Å². The second kappa shape index (κ2) is 6.66. The third-order valence-corrected chi connectivity index (χ3v) is 5.70. The van der Waals surface area contributed by atoms with Gasteiger partial charge in [-0.25, -0.2) is 4.98 Å². The molecule has 2 unspecified atom stereocenters. The van der Waals surface area contributed by atoms with Gasteiger partial charge in [-0.3, -0.25) is 4.68 Å². The van der Waals surface area contributed by atoms with Gasteiger partial charge in [0.2, 0.25) is 0 Å². The normalized spacial score (nSPS) is 22.6. The molecule has 4 nitrogen and oxygen atoms in total. The van der Waals surface area contributed by atoms with E-state index in [2.05, 4.69) is 17.0 Å². The molecule has 2 heterocycles. The van der Waals surface area contributed by atoms with Crippen LogP contribution in [0.25, 0.3) is 0 Å². The van der Waals surface area contributed by atoms with Gasteiger partial charge in [-0.1, -0.05) is 6.92 Å². The molecule has 2 atom stereocenters. The zero-order chi connectivity index (χ0) is 12.1. The summed E-state index contributed by atoms with van der Waals surface area (Å²) in [5, 5.41) is 14.8. The van der Waals surface area contributed by atoms with Crippen molar-refractivity contribution in [2.45, 2.75) is 37.7 Å². The summed E-state index contributed by atoms with van der Waals surface area (Å²) in [6, 6.07) is 0. The first-order valence-corrected chi connectivity index (χ1v) is 8.25. The van der Waals surface area contributed by atoms with E-state index in [1.165, 1.54) is 5.75 Å². The van der Waals surface area contributed by atoms with Crippen LogP contribution in [-0.2, 0) is 13.0 Å². The summed E-state index contributed by atoms with van der Waals surface area (Å²) in [7, 11) is 0. The van der Waals surface area contributed by atoms with E-state index in [0.717, 1.165) is 30.3 Å². The highest BCUT2D eigenvalue weighted by Crippen LogP contribution is 2.27. The summed E-state index contributed by atoms with van der Waals surface area (Å²) in [5.74, 6) is 4.32. The average molecular weight is 273 g/mol. The Balaban J connectivity index is 1.92. The van der Waals surface area contributed by atoms with E-state index in [1.807, 2.05) is 28.2 Å². The van der Waals surface area contributed by atoms with Gasteiger partial charge in [-0.15, -0.1) is 0 Å². The Morgan fingerprint density at radius 1 is 1.59 bits per heavy atom. The van der Waals surface area contributed by atoms with Crippen LogP contribution < -0.4 is 0 Å². The molecule has 0 aliphatic carbocycles. The fourth-order valence-electron chi connectivity index (χ4n) is 1.89. The van der Waals surface area contributed by atoms with E-state index in [9.17, 15) is 5.11 Å². The van der Waals surface area contributed by atoms with Gasteiger partial charge < -0.3 is 5.11 Å². The molecule has 1 aliphatic rings. The maximum absolute atomic E-state index is 10.2. The lowest BCUT2D eigenvalue weighted by atomic mass is 10.2. The van der Waals surface area contributed by atoms with Crippen LogP contribution in [0.15, 0.2) is 6.33 Å². The van der Waals surface area contributed by atoms with Crippen LogP contribution in [0.4, 0.5) is 0 Å². The summed E-state index contributed by atoms with van der Waals surface area (Å²) in [5.41, 5.74) is 0. The second-order valence-electron chi connectivity index (χ2n) is 4.16. The van der Waals surface area contributed by atoms with E-state index in [-0.39, 0.29) is 6.10 Å². The molecule has 1 N–H and O–H groups in total. The summed E-state index contributed by atoms with van der Waals surface area (Å²) in [6.45, 7) is 3.00. The van der Waals surface area contributed by atoms with Crippen LogP contribution in [0.2, 0.25) is 0 Å². The maximum Gasteiger partial charge on any atom is 0.138 e. The Morgan fingerprint density at radius 2 is 2.47 bits per heavy atom. The minimum absolute atomic E-state index is 0.299. The predicted octanol–water partition coefficient (Wildman–Crippen LogP) is 1.44. The summed E-state index contributed by atoms with van der Waals surface area (Å²) < 4.78 is 1.91. The molecule has 1 fully saturated rings. The molecule has 1 saturated heterocycles. The van der Waals surface area contributed by atoms with Crippen molar-refractivity contribution in [2.24, 2.45) is 0 Å². The minimum atomic E-state index is -0.299. The van der Waals surface area contributed by atoms with Gasteiger partial charge in [0.15, 0.2) is 0 Å². The van der Waals surface area contributed by atoms with Crippen molar-refractivity contribution in [3.8, 4) is 0 Å². The second-order valence-corrected chi connectivity index (χ2v) is 6.65. The fraction of sp³-hybridized carbons (Fsp3) is 0.818. The van der Waals surface area contributed by atoms with Gasteiger partial charge in [0.05, 0.1) is 6.10 Å². The molecule has 0 amide bonds. The number of nitrogens with zero attached hydrogens (tertiary/aromatic N) is 3. The molecule has 0 radical (unpaired) electrons. The number of aliphatic hydroxyl groups is 1. The highest BCUT2D eigenvalue weighted by atomic mass is 32.2. The van der Waals surface area contributed by atoms with E-state index >= 15 is 0 Å². The quantitative estimate of drug-likeness (QED) is 0.880. The van der Waals surface area contributed by atoms with E-state index in [4.69, 9.17) is 0 Å². The van der Waals surface area contributed by atoms with Crippen molar-refractivity contribution in [2.75, 3.05) is 17.3 Å². The summed E-state index contributed by atoms with van der Waals surface area (Å²) >= 11 is 3.82. The number of thioether (sulfide) groups is 2. The minimum Gasteiger partial charge on any atom is -0.391 e. The Morgan fingerprint density at radius 3 is 3.18 bits per heavy atom. The molecule has 96 valence electrons. The number of aryl methyl sites for hydroxylation is 1. The monoisotopic (exact) mass is 273 g/mol. The van der Waals surface area contributed by atoms with Crippen molar-refractivity contribution >= 4 is 23.5 Å². The van der Waals surface area contributed by atoms with Gasteiger partial charge in [0, 0.05) is 35.5 Å². The molecule has 17 heavy (non-hydrogen) atoms. The lowest BCUT2D eigenvalue weighted by Crippen LogP contribution is -2.31. The molecule has 1 aliphatic heterocycles. The Bertz CT molecular complexity index is 339. The van der Waals surface area contributed by atoms with Crippen molar-refractivity contribution in [3.63, 3.8) is 0 Å². The molecule has 0 saturated carbocycles. The maximum atomic E-state index is 10.2. The lowest BCUT2D eigenvalue weighted by Gasteiger charge is -2.25. The van der Waals surface area contributed by atoms with Crippen LogP contribution in [-0.4, -0.2) is 48.5 Å². The molecule has 0 spiro atoms. The molecule has 0 aromatic carbocycles. The van der Waals surface area contributed by atoms with Crippen LogP contribution in [0, 0.1) is 0 Å². The van der Waals surface area contributed by atoms with Gasteiger partial charge >= 0.3 is 0 Å². The summed E-state index contributed by atoms with van der Waals surface area (Å²) in [4.78, 5) is 4.25.